The van der Waals surface area contributed by atoms with E-state index in [0.29, 0.717) is 6.61 Å². The van der Waals surface area contributed by atoms with E-state index in [2.05, 4.69) is 6.58 Å². The van der Waals surface area contributed by atoms with Gasteiger partial charge >= 0.3 is 0 Å². The summed E-state index contributed by atoms with van der Waals surface area (Å²) in [4.78, 5) is 0. The van der Waals surface area contributed by atoms with E-state index < -0.39 is 24.4 Å². The molecule has 21 heavy (non-hydrogen) atoms. The van der Waals surface area contributed by atoms with Gasteiger partial charge in [-0.15, -0.1) is 6.58 Å². The zero-order valence-corrected chi connectivity index (χ0v) is 12.8. The van der Waals surface area contributed by atoms with Crippen molar-refractivity contribution in [3.63, 3.8) is 0 Å². The second kappa shape index (κ2) is 11.2. The highest BCUT2D eigenvalue weighted by molar-refractivity contribution is 4.86. The molecule has 1 fully saturated rings. The van der Waals surface area contributed by atoms with E-state index in [1.165, 1.54) is 25.7 Å². The first-order valence-corrected chi connectivity index (χ1v) is 8.01. The lowest BCUT2D eigenvalue weighted by atomic mass is 10.0. The Hall–Kier alpha value is -0.460. The molecule has 0 saturated carbocycles. The predicted molar refractivity (Wildman–Crippen MR) is 81.1 cm³/mol. The third-order valence-corrected chi connectivity index (χ3v) is 3.84. The molecule has 0 aromatic rings. The quantitative estimate of drug-likeness (QED) is 0.397. The highest BCUT2D eigenvalue weighted by Crippen LogP contribution is 2.16. The fourth-order valence-corrected chi connectivity index (χ4v) is 2.41. The summed E-state index contributed by atoms with van der Waals surface area (Å²) in [6, 6.07) is 0. The molecular weight excluding hydrogens is 272 g/mol. The molecule has 0 bridgehead atoms. The predicted octanol–water partition coefficient (Wildman–Crippen LogP) is 1.40. The maximum absolute atomic E-state index is 9.73. The molecule has 0 radical (unpaired) electrons. The second-order valence-corrected chi connectivity index (χ2v) is 5.69. The summed E-state index contributed by atoms with van der Waals surface area (Å²) >= 11 is 0. The highest BCUT2D eigenvalue weighted by Gasteiger charge is 2.37. The molecular formula is C16H30O5. The van der Waals surface area contributed by atoms with Gasteiger partial charge in [0, 0.05) is 6.61 Å². The Labute approximate surface area is 127 Å². The van der Waals surface area contributed by atoms with Crippen LogP contribution in [0.4, 0.5) is 0 Å². The third-order valence-electron chi connectivity index (χ3n) is 3.84. The Morgan fingerprint density at radius 2 is 1.67 bits per heavy atom. The van der Waals surface area contributed by atoms with Gasteiger partial charge in [-0.05, 0) is 19.3 Å². The van der Waals surface area contributed by atoms with Crippen molar-refractivity contribution in [2.75, 3.05) is 19.8 Å². The molecule has 1 rings (SSSR count). The van der Waals surface area contributed by atoms with E-state index in [4.69, 9.17) is 9.47 Å². The number of allylic oxidation sites excluding steroid dienone is 1. The fourth-order valence-electron chi connectivity index (χ4n) is 2.41. The molecule has 4 atom stereocenters. The van der Waals surface area contributed by atoms with Crippen LogP contribution < -0.4 is 0 Å². The van der Waals surface area contributed by atoms with Gasteiger partial charge in [0.2, 0.25) is 0 Å². The van der Waals surface area contributed by atoms with Crippen molar-refractivity contribution < 1.29 is 24.8 Å². The third kappa shape index (κ3) is 7.38. The zero-order valence-electron chi connectivity index (χ0n) is 12.8. The molecule has 0 amide bonds. The molecule has 1 aliphatic heterocycles. The van der Waals surface area contributed by atoms with Crippen molar-refractivity contribution >= 4 is 0 Å². The van der Waals surface area contributed by atoms with E-state index in [-0.39, 0.29) is 13.2 Å². The number of ether oxygens (including phenoxy) is 2. The van der Waals surface area contributed by atoms with Gasteiger partial charge in [-0.25, -0.2) is 0 Å². The smallest absolute Gasteiger partial charge is 0.111 e. The molecule has 1 heterocycles. The second-order valence-electron chi connectivity index (χ2n) is 5.69. The van der Waals surface area contributed by atoms with Crippen LogP contribution in [0.2, 0.25) is 0 Å². The molecule has 0 aliphatic carbocycles. The first kappa shape index (κ1) is 18.6. The monoisotopic (exact) mass is 302 g/mol. The van der Waals surface area contributed by atoms with Crippen LogP contribution in [0.5, 0.6) is 0 Å². The van der Waals surface area contributed by atoms with Crippen LogP contribution >= 0.6 is 0 Å². The molecule has 5 nitrogen and oxygen atoms in total. The van der Waals surface area contributed by atoms with Crippen molar-refractivity contribution in [2.24, 2.45) is 0 Å². The van der Waals surface area contributed by atoms with E-state index in [1.807, 2.05) is 6.08 Å². The Morgan fingerprint density at radius 3 is 2.38 bits per heavy atom. The van der Waals surface area contributed by atoms with Crippen molar-refractivity contribution in [1.82, 2.24) is 0 Å². The summed E-state index contributed by atoms with van der Waals surface area (Å²) < 4.78 is 10.7. The summed E-state index contributed by atoms with van der Waals surface area (Å²) in [6.45, 7) is 4.64. The minimum Gasteiger partial charge on any atom is -0.388 e. The van der Waals surface area contributed by atoms with Gasteiger partial charge < -0.3 is 24.8 Å². The molecule has 0 spiro atoms. The summed E-state index contributed by atoms with van der Waals surface area (Å²) in [7, 11) is 0. The van der Waals surface area contributed by atoms with Gasteiger partial charge in [-0.2, -0.15) is 0 Å². The summed E-state index contributed by atoms with van der Waals surface area (Å²) in [6.07, 6.45) is 6.36. The van der Waals surface area contributed by atoms with Crippen molar-refractivity contribution in [3.8, 4) is 0 Å². The van der Waals surface area contributed by atoms with Gasteiger partial charge in [0.05, 0.1) is 13.2 Å². The Balaban J connectivity index is 1.93. The minimum absolute atomic E-state index is 0.0387. The Kier molecular flexibility index (Phi) is 9.87. The molecule has 1 saturated heterocycles. The van der Waals surface area contributed by atoms with Crippen LogP contribution in [-0.2, 0) is 9.47 Å². The van der Waals surface area contributed by atoms with E-state index in [1.54, 1.807) is 0 Å². The van der Waals surface area contributed by atoms with Crippen molar-refractivity contribution in [3.05, 3.63) is 12.7 Å². The van der Waals surface area contributed by atoms with Gasteiger partial charge in [-0.1, -0.05) is 31.8 Å². The van der Waals surface area contributed by atoms with Gasteiger partial charge in [0.25, 0.3) is 0 Å². The van der Waals surface area contributed by atoms with Gasteiger partial charge in [0.1, 0.15) is 24.4 Å². The number of unbranched alkanes of at least 4 members (excludes halogenated alkanes) is 6. The first-order chi connectivity index (χ1) is 10.2. The zero-order chi connectivity index (χ0) is 15.5. The fraction of sp³-hybridized carbons (Fsp3) is 0.875. The molecule has 0 aromatic carbocycles. The van der Waals surface area contributed by atoms with E-state index in [0.717, 1.165) is 19.3 Å². The number of hydrogen-bond donors (Lipinski definition) is 3. The number of rotatable bonds is 11. The number of hydrogen-bond acceptors (Lipinski definition) is 5. The highest BCUT2D eigenvalue weighted by atomic mass is 16.6. The molecule has 0 aromatic heterocycles. The van der Waals surface area contributed by atoms with Gasteiger partial charge in [-0.3, -0.25) is 0 Å². The minimum atomic E-state index is -1.15. The van der Waals surface area contributed by atoms with E-state index >= 15 is 0 Å². The number of aliphatic hydroxyl groups excluding tert-OH is 3. The lowest BCUT2D eigenvalue weighted by Crippen LogP contribution is -2.54. The molecule has 0 unspecified atom stereocenters. The molecule has 5 heteroatoms. The average molecular weight is 302 g/mol. The topological polar surface area (TPSA) is 79.2 Å². The Bertz CT molecular complexity index is 271. The van der Waals surface area contributed by atoms with E-state index in [9.17, 15) is 15.3 Å². The SMILES string of the molecule is C=CCCCCCCCCOC[C@@H]1OC[C@@H](O)[C@H](O)[C@H]1O. The maximum atomic E-state index is 9.73. The van der Waals surface area contributed by atoms with Crippen molar-refractivity contribution in [2.45, 2.75) is 69.4 Å². The van der Waals surface area contributed by atoms with Crippen molar-refractivity contribution in [1.29, 1.82) is 0 Å². The molecule has 3 N–H and O–H groups in total. The average Bonchev–Trinajstić information content (AvgIpc) is 2.49. The maximum Gasteiger partial charge on any atom is 0.111 e. The summed E-state index contributed by atoms with van der Waals surface area (Å²) in [5.41, 5.74) is 0. The Morgan fingerprint density at radius 1 is 1.00 bits per heavy atom. The normalized spacial score (nSPS) is 29.5. The standard InChI is InChI=1S/C16H30O5/c1-2-3-4-5-6-7-8-9-10-20-12-14-16(19)15(18)13(17)11-21-14/h2,13-19H,1,3-12H2/t13-,14+,15+,16+/m1/s1. The summed E-state index contributed by atoms with van der Waals surface area (Å²) in [5.74, 6) is 0. The molecule has 124 valence electrons. The number of aliphatic hydroxyl groups is 3. The van der Waals surface area contributed by atoms with Gasteiger partial charge in [0.15, 0.2) is 0 Å². The molecule has 1 aliphatic rings. The van der Waals surface area contributed by atoms with Crippen LogP contribution in [0.3, 0.4) is 0 Å². The lowest BCUT2D eigenvalue weighted by Gasteiger charge is -2.35. The first-order valence-electron chi connectivity index (χ1n) is 8.01. The van der Waals surface area contributed by atoms with Crippen LogP contribution in [0.15, 0.2) is 12.7 Å². The van der Waals surface area contributed by atoms with Crippen LogP contribution in [0.25, 0.3) is 0 Å². The van der Waals surface area contributed by atoms with Crippen LogP contribution in [0.1, 0.15) is 44.9 Å². The van der Waals surface area contributed by atoms with Crippen LogP contribution in [-0.4, -0.2) is 59.6 Å². The summed E-state index contributed by atoms with van der Waals surface area (Å²) in [5, 5.41) is 28.6. The lowest BCUT2D eigenvalue weighted by molar-refractivity contribution is -0.199. The van der Waals surface area contributed by atoms with Crippen LogP contribution in [0, 0.1) is 0 Å². The largest absolute Gasteiger partial charge is 0.388 e.